The maximum absolute atomic E-state index is 9.60. The lowest BCUT2D eigenvalue weighted by Crippen LogP contribution is -2.42. The van der Waals surface area contributed by atoms with E-state index in [1.165, 1.54) is 16.7 Å². The first-order valence-corrected chi connectivity index (χ1v) is 7.33. The van der Waals surface area contributed by atoms with E-state index in [0.29, 0.717) is 6.04 Å². The number of hydrogen-bond donors (Lipinski definition) is 2. The van der Waals surface area contributed by atoms with Gasteiger partial charge in [-0.3, -0.25) is 0 Å². The lowest BCUT2D eigenvalue weighted by atomic mass is 10.0. The monoisotopic (exact) mass is 267 g/mol. The van der Waals surface area contributed by atoms with Crippen LogP contribution in [0.2, 0.25) is 0 Å². The number of hydrogen-bond acceptors (Lipinski definition) is 2. The number of benzene rings is 2. The Kier molecular flexibility index (Phi) is 4.14. The van der Waals surface area contributed by atoms with Gasteiger partial charge in [0.2, 0.25) is 0 Å². The van der Waals surface area contributed by atoms with E-state index >= 15 is 0 Å². The van der Waals surface area contributed by atoms with Crippen LogP contribution in [0.5, 0.6) is 0 Å². The summed E-state index contributed by atoms with van der Waals surface area (Å²) in [4.78, 5) is 0. The molecule has 3 rings (SSSR count). The molecule has 0 fully saturated rings. The fourth-order valence-electron chi connectivity index (χ4n) is 3.08. The minimum absolute atomic E-state index is 0.136. The van der Waals surface area contributed by atoms with Gasteiger partial charge in [0, 0.05) is 12.1 Å². The predicted molar refractivity (Wildman–Crippen MR) is 81.8 cm³/mol. The second-order valence-corrected chi connectivity index (χ2v) is 5.61. The summed E-state index contributed by atoms with van der Waals surface area (Å²) in [6.07, 6.45) is 3.02. The van der Waals surface area contributed by atoms with Crippen molar-refractivity contribution in [3.05, 3.63) is 71.3 Å². The van der Waals surface area contributed by atoms with Crippen molar-refractivity contribution in [1.29, 1.82) is 0 Å². The lowest BCUT2D eigenvalue weighted by molar-refractivity contribution is 0.231. The summed E-state index contributed by atoms with van der Waals surface area (Å²) in [6, 6.07) is 19.6. The molecule has 0 heterocycles. The third kappa shape index (κ3) is 3.09. The molecule has 0 saturated carbocycles. The van der Waals surface area contributed by atoms with Crippen LogP contribution < -0.4 is 5.32 Å². The Balaban J connectivity index is 1.60. The van der Waals surface area contributed by atoms with Crippen molar-refractivity contribution in [2.45, 2.75) is 31.3 Å². The van der Waals surface area contributed by atoms with Gasteiger partial charge in [0.25, 0.3) is 0 Å². The van der Waals surface area contributed by atoms with Gasteiger partial charge in [0.05, 0.1) is 6.61 Å². The zero-order valence-electron chi connectivity index (χ0n) is 11.6. The molecule has 0 saturated heterocycles. The highest BCUT2D eigenvalue weighted by Crippen LogP contribution is 2.22. The molecule has 2 heteroatoms. The first kappa shape index (κ1) is 13.3. The van der Waals surface area contributed by atoms with E-state index in [4.69, 9.17) is 0 Å². The van der Waals surface area contributed by atoms with E-state index in [0.717, 1.165) is 19.3 Å². The predicted octanol–water partition coefficient (Wildman–Crippen LogP) is 2.35. The summed E-state index contributed by atoms with van der Waals surface area (Å²) in [5.41, 5.74) is 4.16. The van der Waals surface area contributed by atoms with Gasteiger partial charge in [-0.25, -0.2) is 0 Å². The SMILES string of the molecule is OCC(Cc1ccccc1)NC1Cc2ccccc2C1. The number of nitrogens with one attached hydrogen (secondary N) is 1. The van der Waals surface area contributed by atoms with Gasteiger partial charge in [0.15, 0.2) is 0 Å². The lowest BCUT2D eigenvalue weighted by Gasteiger charge is -2.21. The zero-order chi connectivity index (χ0) is 13.8. The number of rotatable bonds is 5. The molecule has 0 spiro atoms. The first-order chi connectivity index (χ1) is 9.85. The van der Waals surface area contributed by atoms with Crippen LogP contribution in [-0.4, -0.2) is 23.8 Å². The van der Waals surface area contributed by atoms with Crippen LogP contribution in [0.25, 0.3) is 0 Å². The molecule has 0 aromatic heterocycles. The van der Waals surface area contributed by atoms with Gasteiger partial charge >= 0.3 is 0 Å². The summed E-state index contributed by atoms with van der Waals surface area (Å²) < 4.78 is 0. The van der Waals surface area contributed by atoms with E-state index in [2.05, 4.69) is 53.8 Å². The van der Waals surface area contributed by atoms with Crippen LogP contribution in [0.3, 0.4) is 0 Å². The highest BCUT2D eigenvalue weighted by Gasteiger charge is 2.23. The van der Waals surface area contributed by atoms with E-state index in [1.807, 2.05) is 6.07 Å². The van der Waals surface area contributed by atoms with Crippen LogP contribution in [0.1, 0.15) is 16.7 Å². The van der Waals surface area contributed by atoms with Gasteiger partial charge in [-0.05, 0) is 36.0 Å². The molecule has 1 aliphatic carbocycles. The van der Waals surface area contributed by atoms with Crippen LogP contribution in [-0.2, 0) is 19.3 Å². The maximum Gasteiger partial charge on any atom is 0.0587 e. The van der Waals surface area contributed by atoms with Gasteiger partial charge in [-0.15, -0.1) is 0 Å². The van der Waals surface area contributed by atoms with Gasteiger partial charge in [-0.2, -0.15) is 0 Å². The molecule has 104 valence electrons. The van der Waals surface area contributed by atoms with Crippen LogP contribution in [0, 0.1) is 0 Å². The van der Waals surface area contributed by atoms with E-state index in [-0.39, 0.29) is 12.6 Å². The molecule has 1 atom stereocenters. The van der Waals surface area contributed by atoms with Crippen LogP contribution in [0.4, 0.5) is 0 Å². The Labute approximate surface area is 120 Å². The Morgan fingerprint density at radius 1 is 0.950 bits per heavy atom. The Bertz CT molecular complexity index is 527. The van der Waals surface area contributed by atoms with E-state index < -0.39 is 0 Å². The van der Waals surface area contributed by atoms with Crippen molar-refractivity contribution in [1.82, 2.24) is 5.32 Å². The van der Waals surface area contributed by atoms with Crippen molar-refractivity contribution in [2.75, 3.05) is 6.61 Å². The van der Waals surface area contributed by atoms with Crippen molar-refractivity contribution in [2.24, 2.45) is 0 Å². The summed E-state index contributed by atoms with van der Waals surface area (Å²) in [7, 11) is 0. The maximum atomic E-state index is 9.60. The summed E-state index contributed by atoms with van der Waals surface area (Å²) in [5, 5.41) is 13.2. The molecule has 1 aliphatic rings. The standard InChI is InChI=1S/C18H21NO/c20-13-18(10-14-6-2-1-3-7-14)19-17-11-15-8-4-5-9-16(15)12-17/h1-9,17-20H,10-13H2. The second-order valence-electron chi connectivity index (χ2n) is 5.61. The highest BCUT2D eigenvalue weighted by molar-refractivity contribution is 5.33. The molecule has 1 unspecified atom stereocenters. The quantitative estimate of drug-likeness (QED) is 0.871. The normalized spacial score (nSPS) is 16.1. The van der Waals surface area contributed by atoms with Crippen LogP contribution in [0.15, 0.2) is 54.6 Å². The number of fused-ring (bicyclic) bond motifs is 1. The molecule has 0 bridgehead atoms. The molecule has 2 nitrogen and oxygen atoms in total. The summed E-state index contributed by atoms with van der Waals surface area (Å²) >= 11 is 0. The minimum atomic E-state index is 0.136. The second kappa shape index (κ2) is 6.21. The van der Waals surface area contributed by atoms with Crippen LogP contribution >= 0.6 is 0 Å². The molecule has 2 aromatic rings. The third-order valence-corrected chi connectivity index (χ3v) is 4.07. The topological polar surface area (TPSA) is 32.3 Å². The average Bonchev–Trinajstić information content (AvgIpc) is 2.90. The molecule has 2 aromatic carbocycles. The largest absolute Gasteiger partial charge is 0.395 e. The molecule has 2 N–H and O–H groups in total. The smallest absolute Gasteiger partial charge is 0.0587 e. The molecular formula is C18H21NO. The third-order valence-electron chi connectivity index (χ3n) is 4.07. The Morgan fingerprint density at radius 3 is 2.15 bits per heavy atom. The van der Waals surface area contributed by atoms with Gasteiger partial charge in [0.1, 0.15) is 0 Å². The molecule has 0 radical (unpaired) electrons. The summed E-state index contributed by atoms with van der Waals surface area (Å²) in [5.74, 6) is 0. The fraction of sp³-hybridized carbons (Fsp3) is 0.333. The van der Waals surface area contributed by atoms with Crippen molar-refractivity contribution in [3.8, 4) is 0 Å². The Morgan fingerprint density at radius 2 is 1.55 bits per heavy atom. The van der Waals surface area contributed by atoms with Gasteiger partial charge in [-0.1, -0.05) is 54.6 Å². The number of aliphatic hydroxyl groups excluding tert-OH is 1. The van der Waals surface area contributed by atoms with Gasteiger partial charge < -0.3 is 10.4 Å². The number of aliphatic hydroxyl groups is 1. The molecule has 0 aliphatic heterocycles. The van der Waals surface area contributed by atoms with Crippen molar-refractivity contribution < 1.29 is 5.11 Å². The zero-order valence-corrected chi connectivity index (χ0v) is 11.6. The highest BCUT2D eigenvalue weighted by atomic mass is 16.3. The van der Waals surface area contributed by atoms with E-state index in [9.17, 15) is 5.11 Å². The Hall–Kier alpha value is -1.64. The molecular weight excluding hydrogens is 246 g/mol. The molecule has 20 heavy (non-hydrogen) atoms. The van der Waals surface area contributed by atoms with E-state index in [1.54, 1.807) is 0 Å². The first-order valence-electron chi connectivity index (χ1n) is 7.33. The minimum Gasteiger partial charge on any atom is -0.395 e. The molecule has 0 amide bonds. The summed E-state index contributed by atoms with van der Waals surface area (Å²) in [6.45, 7) is 0.182. The van der Waals surface area contributed by atoms with Crippen molar-refractivity contribution in [3.63, 3.8) is 0 Å². The average molecular weight is 267 g/mol. The fourth-order valence-corrected chi connectivity index (χ4v) is 3.08. The van der Waals surface area contributed by atoms with Crippen molar-refractivity contribution >= 4 is 0 Å².